The molecule has 3 aromatic rings. The Morgan fingerprint density at radius 3 is 2.72 bits per heavy atom. The summed E-state index contributed by atoms with van der Waals surface area (Å²) in [5, 5.41) is 0. The molecular weight excluding hydrogens is 408 g/mol. The summed E-state index contributed by atoms with van der Waals surface area (Å²) in [6, 6.07) is 11.8. The Balaban J connectivity index is 1.33. The van der Waals surface area contributed by atoms with Crippen molar-refractivity contribution in [2.75, 3.05) is 25.9 Å². The van der Waals surface area contributed by atoms with Crippen molar-refractivity contribution < 1.29 is 13.2 Å². The van der Waals surface area contributed by atoms with Crippen molar-refractivity contribution in [3.63, 3.8) is 0 Å². The Labute approximate surface area is 174 Å². The Hall–Kier alpha value is -2.23. The number of nitrogens with one attached hydrogen (secondary N) is 2. The second kappa shape index (κ2) is 8.25. The van der Waals surface area contributed by atoms with Gasteiger partial charge in [0, 0.05) is 30.4 Å². The molecule has 2 N–H and O–H groups in total. The van der Waals surface area contributed by atoms with Gasteiger partial charge in [0.15, 0.2) is 0 Å². The molecule has 4 rings (SSSR count). The molecule has 0 saturated carbocycles. The predicted octanol–water partition coefficient (Wildman–Crippen LogP) is 2.74. The first-order valence-corrected chi connectivity index (χ1v) is 12.4. The summed E-state index contributed by atoms with van der Waals surface area (Å²) in [5.74, 6) is 1.41. The predicted molar refractivity (Wildman–Crippen MR) is 115 cm³/mol. The van der Waals surface area contributed by atoms with Gasteiger partial charge in [0.2, 0.25) is 10.0 Å². The number of aromatic amines is 1. The van der Waals surface area contributed by atoms with Gasteiger partial charge in [-0.3, -0.25) is 4.79 Å². The number of piperidine rings is 1. The van der Waals surface area contributed by atoms with Crippen molar-refractivity contribution in [1.82, 2.24) is 19.6 Å². The first-order valence-electron chi connectivity index (χ1n) is 9.66. The average Bonchev–Trinajstić information content (AvgIpc) is 3.33. The third-order valence-electron chi connectivity index (χ3n) is 5.18. The number of carbonyl (C=O) groups excluding carboxylic acids is 1. The molecule has 0 atom stereocenters. The number of likely N-dealkylation sites (tertiary alicyclic amines) is 1. The molecule has 7 nitrogen and oxygen atoms in total. The Kier molecular flexibility index (Phi) is 5.71. The van der Waals surface area contributed by atoms with Crippen LogP contribution in [0.4, 0.5) is 0 Å². The lowest BCUT2D eigenvalue weighted by Crippen LogP contribution is -2.37. The maximum absolute atomic E-state index is 12.8. The lowest BCUT2D eigenvalue weighted by molar-refractivity contribution is 0.0716. The molecular formula is C20H24N4O3S2. The van der Waals surface area contributed by atoms with Crippen LogP contribution in [0.5, 0.6) is 0 Å². The van der Waals surface area contributed by atoms with Crippen LogP contribution < -0.4 is 4.72 Å². The van der Waals surface area contributed by atoms with Crippen molar-refractivity contribution >= 4 is 38.3 Å². The van der Waals surface area contributed by atoms with Crippen LogP contribution in [0.15, 0.2) is 36.4 Å². The fourth-order valence-electron chi connectivity index (χ4n) is 3.66. The van der Waals surface area contributed by atoms with Crippen LogP contribution in [0.25, 0.3) is 11.0 Å². The number of H-pyrrole nitrogens is 1. The van der Waals surface area contributed by atoms with Crippen molar-refractivity contribution in [2.45, 2.75) is 25.2 Å². The van der Waals surface area contributed by atoms with E-state index in [1.165, 1.54) is 11.3 Å². The van der Waals surface area contributed by atoms with Gasteiger partial charge in [-0.15, -0.1) is 11.3 Å². The molecule has 0 unspecified atom stereocenters. The summed E-state index contributed by atoms with van der Waals surface area (Å²) in [5.41, 5.74) is 2.04. The van der Waals surface area contributed by atoms with E-state index in [1.54, 1.807) is 0 Å². The number of benzene rings is 1. The minimum absolute atomic E-state index is 0.0559. The monoisotopic (exact) mass is 432 g/mol. The fraction of sp³-hybridized carbons (Fsp3) is 0.400. The van der Waals surface area contributed by atoms with Crippen LogP contribution in [0.3, 0.4) is 0 Å². The van der Waals surface area contributed by atoms with Gasteiger partial charge in [-0.25, -0.2) is 18.1 Å². The molecule has 1 aliphatic heterocycles. The Morgan fingerprint density at radius 2 is 2.00 bits per heavy atom. The van der Waals surface area contributed by atoms with Crippen LogP contribution in [0.2, 0.25) is 0 Å². The number of amides is 1. The maximum atomic E-state index is 12.8. The van der Waals surface area contributed by atoms with Gasteiger partial charge in [0.05, 0.1) is 22.2 Å². The molecule has 29 heavy (non-hydrogen) atoms. The topological polar surface area (TPSA) is 95.2 Å². The zero-order valence-corrected chi connectivity index (χ0v) is 17.9. The largest absolute Gasteiger partial charge is 0.342 e. The van der Waals surface area contributed by atoms with E-state index in [0.29, 0.717) is 36.9 Å². The first-order chi connectivity index (χ1) is 13.9. The summed E-state index contributed by atoms with van der Waals surface area (Å²) in [6.45, 7) is 1.77. The highest BCUT2D eigenvalue weighted by atomic mass is 32.2. The summed E-state index contributed by atoms with van der Waals surface area (Å²) >= 11 is 1.44. The number of imidazole rings is 1. The highest BCUT2D eigenvalue weighted by molar-refractivity contribution is 7.88. The number of para-hydroxylation sites is 2. The molecule has 3 heterocycles. The van der Waals surface area contributed by atoms with Gasteiger partial charge in [0.25, 0.3) is 5.91 Å². The smallest absolute Gasteiger partial charge is 0.263 e. The molecule has 0 radical (unpaired) electrons. The number of hydrogen-bond acceptors (Lipinski definition) is 5. The number of nitrogens with zero attached hydrogens (tertiary/aromatic N) is 2. The molecule has 1 saturated heterocycles. The number of rotatable bonds is 6. The number of thiophene rings is 1. The highest BCUT2D eigenvalue weighted by Crippen LogP contribution is 2.29. The first kappa shape index (κ1) is 20.1. The zero-order chi connectivity index (χ0) is 20.4. The summed E-state index contributed by atoms with van der Waals surface area (Å²) in [7, 11) is -3.19. The van der Waals surface area contributed by atoms with Crippen molar-refractivity contribution in [1.29, 1.82) is 0 Å². The third-order valence-corrected chi connectivity index (χ3v) is 7.05. The summed E-state index contributed by atoms with van der Waals surface area (Å²) in [4.78, 5) is 24.6. The van der Waals surface area contributed by atoms with Crippen molar-refractivity contribution in [3.05, 3.63) is 52.0 Å². The molecule has 1 aliphatic rings. The van der Waals surface area contributed by atoms with E-state index >= 15 is 0 Å². The number of aromatic nitrogens is 2. The van der Waals surface area contributed by atoms with E-state index in [4.69, 9.17) is 4.98 Å². The minimum Gasteiger partial charge on any atom is -0.342 e. The molecule has 9 heteroatoms. The third kappa shape index (κ3) is 4.85. The van der Waals surface area contributed by atoms with E-state index in [1.807, 2.05) is 41.3 Å². The fourth-order valence-corrected chi connectivity index (χ4v) is 5.11. The van der Waals surface area contributed by atoms with Gasteiger partial charge in [-0.05, 0) is 43.5 Å². The number of hydrogen-bond donors (Lipinski definition) is 2. The van der Waals surface area contributed by atoms with E-state index in [2.05, 4.69) is 9.71 Å². The Bertz CT molecular complexity index is 1080. The van der Waals surface area contributed by atoms with Crippen molar-refractivity contribution in [3.8, 4) is 0 Å². The molecule has 154 valence electrons. The number of fused-ring (bicyclic) bond motifs is 1. The van der Waals surface area contributed by atoms with Crippen LogP contribution in [-0.4, -0.2) is 55.1 Å². The molecule has 0 aliphatic carbocycles. The highest BCUT2D eigenvalue weighted by Gasteiger charge is 2.27. The quantitative estimate of drug-likeness (QED) is 0.626. The summed E-state index contributed by atoms with van der Waals surface area (Å²) in [6.07, 6.45) is 3.51. The maximum Gasteiger partial charge on any atom is 0.263 e. The molecule has 1 fully saturated rings. The molecule has 0 spiro atoms. The van der Waals surface area contributed by atoms with E-state index in [9.17, 15) is 13.2 Å². The molecule has 0 bridgehead atoms. The van der Waals surface area contributed by atoms with Gasteiger partial charge in [0.1, 0.15) is 5.82 Å². The van der Waals surface area contributed by atoms with Crippen molar-refractivity contribution in [2.24, 2.45) is 0 Å². The normalized spacial score (nSPS) is 15.8. The van der Waals surface area contributed by atoms with Gasteiger partial charge < -0.3 is 9.88 Å². The van der Waals surface area contributed by atoms with E-state index in [-0.39, 0.29) is 5.91 Å². The average molecular weight is 433 g/mol. The molecule has 1 aromatic carbocycles. The Morgan fingerprint density at radius 1 is 1.24 bits per heavy atom. The lowest BCUT2D eigenvalue weighted by Gasteiger charge is -2.30. The second-order valence-corrected chi connectivity index (χ2v) is 10.4. The molecule has 2 aromatic heterocycles. The van der Waals surface area contributed by atoms with Crippen LogP contribution in [0.1, 0.15) is 39.1 Å². The molecule has 1 amide bonds. The van der Waals surface area contributed by atoms with Gasteiger partial charge in [-0.2, -0.15) is 0 Å². The minimum atomic E-state index is -3.19. The van der Waals surface area contributed by atoms with E-state index in [0.717, 1.165) is 40.8 Å². The summed E-state index contributed by atoms with van der Waals surface area (Å²) < 4.78 is 24.8. The lowest BCUT2D eigenvalue weighted by atomic mass is 9.96. The standard InChI is InChI=1S/C20H24N4O3S2/c1-29(26,27)21-11-8-15-6-7-18(28-15)20(25)24-12-9-14(10-13-24)19-22-16-4-2-3-5-17(16)23-19/h2-7,14,21H,8-13H2,1H3,(H,22,23). The zero-order valence-electron chi connectivity index (χ0n) is 16.2. The SMILES string of the molecule is CS(=O)(=O)NCCc1ccc(C(=O)N2CCC(c3nc4ccccc4[nH]3)CC2)s1. The number of carbonyl (C=O) groups is 1. The van der Waals surface area contributed by atoms with Gasteiger partial charge >= 0.3 is 0 Å². The number of sulfonamides is 1. The van der Waals surface area contributed by atoms with Crippen LogP contribution in [0, 0.1) is 0 Å². The van der Waals surface area contributed by atoms with Crippen LogP contribution >= 0.6 is 11.3 Å². The second-order valence-electron chi connectivity index (χ2n) is 7.39. The van der Waals surface area contributed by atoms with E-state index < -0.39 is 10.0 Å². The van der Waals surface area contributed by atoms with Crippen LogP contribution in [-0.2, 0) is 16.4 Å². The van der Waals surface area contributed by atoms with Gasteiger partial charge in [-0.1, -0.05) is 12.1 Å².